The third-order valence-corrected chi connectivity index (χ3v) is 4.35. The molecule has 0 radical (unpaired) electrons. The van der Waals surface area contributed by atoms with E-state index in [-0.39, 0.29) is 18.3 Å². The van der Waals surface area contributed by atoms with Crippen molar-refractivity contribution in [2.75, 3.05) is 13.1 Å². The Morgan fingerprint density at radius 3 is 2.68 bits per heavy atom. The molecule has 2 saturated carbocycles. The average Bonchev–Trinajstić information content (AvgIpc) is 3.07. The summed E-state index contributed by atoms with van der Waals surface area (Å²) in [5.74, 6) is 1.78. The van der Waals surface area contributed by atoms with Gasteiger partial charge in [-0.15, -0.1) is 12.4 Å². The van der Waals surface area contributed by atoms with Crippen molar-refractivity contribution < 1.29 is 4.79 Å². The van der Waals surface area contributed by atoms with Crippen LogP contribution in [0.1, 0.15) is 58.3 Å². The molecule has 2 atom stereocenters. The second kappa shape index (κ2) is 8.80. The van der Waals surface area contributed by atoms with E-state index in [1.165, 1.54) is 51.4 Å². The van der Waals surface area contributed by atoms with E-state index in [9.17, 15) is 4.79 Å². The van der Waals surface area contributed by atoms with Crippen molar-refractivity contribution in [2.24, 2.45) is 11.8 Å². The van der Waals surface area contributed by atoms with Gasteiger partial charge in [-0.25, -0.2) is 0 Å². The topological polar surface area (TPSA) is 41.1 Å². The molecule has 2 rings (SSSR count). The molecular formula is C15H29ClN2O. The van der Waals surface area contributed by atoms with Crippen LogP contribution in [0.25, 0.3) is 0 Å². The van der Waals surface area contributed by atoms with Crippen LogP contribution in [-0.2, 0) is 4.79 Å². The molecule has 3 nitrogen and oxygen atoms in total. The SMILES string of the molecule is CCCCC1CCCC1NC(=O)CNCC1CC1.Cl. The lowest BCUT2D eigenvalue weighted by atomic mass is 9.97. The monoisotopic (exact) mass is 288 g/mol. The molecule has 112 valence electrons. The molecule has 2 fully saturated rings. The van der Waals surface area contributed by atoms with E-state index in [2.05, 4.69) is 17.6 Å². The Kier molecular flexibility index (Phi) is 7.77. The fraction of sp³-hybridized carbons (Fsp3) is 0.933. The fourth-order valence-electron chi connectivity index (χ4n) is 3.01. The van der Waals surface area contributed by atoms with Crippen LogP contribution in [0.4, 0.5) is 0 Å². The number of carbonyl (C=O) groups excluding carboxylic acids is 1. The van der Waals surface area contributed by atoms with Crippen molar-refractivity contribution in [1.29, 1.82) is 0 Å². The average molecular weight is 289 g/mol. The molecule has 0 spiro atoms. The van der Waals surface area contributed by atoms with Gasteiger partial charge < -0.3 is 10.6 Å². The van der Waals surface area contributed by atoms with Crippen molar-refractivity contribution in [2.45, 2.75) is 64.3 Å². The van der Waals surface area contributed by atoms with E-state index < -0.39 is 0 Å². The van der Waals surface area contributed by atoms with Gasteiger partial charge >= 0.3 is 0 Å². The quantitative estimate of drug-likeness (QED) is 0.721. The summed E-state index contributed by atoms with van der Waals surface area (Å²) in [6, 6.07) is 0.451. The molecule has 0 saturated heterocycles. The Morgan fingerprint density at radius 2 is 2.00 bits per heavy atom. The Hall–Kier alpha value is -0.280. The Balaban J connectivity index is 0.00000180. The van der Waals surface area contributed by atoms with Crippen LogP contribution in [0.2, 0.25) is 0 Å². The van der Waals surface area contributed by atoms with Gasteiger partial charge in [0.1, 0.15) is 0 Å². The highest BCUT2D eigenvalue weighted by Crippen LogP contribution is 2.30. The van der Waals surface area contributed by atoms with Gasteiger partial charge in [-0.1, -0.05) is 26.2 Å². The highest BCUT2D eigenvalue weighted by atomic mass is 35.5. The molecular weight excluding hydrogens is 260 g/mol. The Labute approximate surface area is 123 Å². The zero-order valence-electron chi connectivity index (χ0n) is 12.1. The van der Waals surface area contributed by atoms with Crippen molar-refractivity contribution in [3.63, 3.8) is 0 Å². The summed E-state index contributed by atoms with van der Waals surface area (Å²) in [6.07, 6.45) is 10.3. The zero-order valence-corrected chi connectivity index (χ0v) is 12.9. The minimum atomic E-state index is 0. The lowest BCUT2D eigenvalue weighted by Gasteiger charge is -2.21. The van der Waals surface area contributed by atoms with Crippen LogP contribution in [0, 0.1) is 11.8 Å². The fourth-order valence-corrected chi connectivity index (χ4v) is 3.01. The van der Waals surface area contributed by atoms with E-state index >= 15 is 0 Å². The molecule has 0 aromatic carbocycles. The van der Waals surface area contributed by atoms with Crippen LogP contribution in [0.15, 0.2) is 0 Å². The van der Waals surface area contributed by atoms with Gasteiger partial charge in [-0.2, -0.15) is 0 Å². The van der Waals surface area contributed by atoms with Gasteiger partial charge in [0.2, 0.25) is 5.91 Å². The van der Waals surface area contributed by atoms with Gasteiger partial charge in [-0.05, 0) is 50.5 Å². The molecule has 0 aromatic rings. The van der Waals surface area contributed by atoms with Crippen LogP contribution in [0.5, 0.6) is 0 Å². The summed E-state index contributed by atoms with van der Waals surface area (Å²) < 4.78 is 0. The van der Waals surface area contributed by atoms with Gasteiger partial charge in [-0.3, -0.25) is 4.79 Å². The Morgan fingerprint density at radius 1 is 1.21 bits per heavy atom. The minimum absolute atomic E-state index is 0. The summed E-state index contributed by atoms with van der Waals surface area (Å²) in [4.78, 5) is 11.8. The lowest BCUT2D eigenvalue weighted by Crippen LogP contribution is -2.42. The first kappa shape index (κ1) is 16.8. The summed E-state index contributed by atoms with van der Waals surface area (Å²) >= 11 is 0. The first-order valence-corrected chi connectivity index (χ1v) is 7.79. The number of nitrogens with one attached hydrogen (secondary N) is 2. The maximum Gasteiger partial charge on any atom is 0.234 e. The standard InChI is InChI=1S/C15H28N2O.ClH/c1-2-3-5-13-6-4-7-14(13)17-15(18)11-16-10-12-8-9-12;/h12-14,16H,2-11H2,1H3,(H,17,18);1H. The molecule has 0 aliphatic heterocycles. The number of unbranched alkanes of at least 4 members (excludes halogenated alkanes) is 1. The molecule has 2 aliphatic rings. The molecule has 4 heteroatoms. The molecule has 19 heavy (non-hydrogen) atoms. The normalized spacial score (nSPS) is 25.9. The number of hydrogen-bond acceptors (Lipinski definition) is 2. The lowest BCUT2D eigenvalue weighted by molar-refractivity contribution is -0.121. The summed E-state index contributed by atoms with van der Waals surface area (Å²) in [6.45, 7) is 3.77. The highest BCUT2D eigenvalue weighted by Gasteiger charge is 2.28. The summed E-state index contributed by atoms with van der Waals surface area (Å²) in [5, 5.41) is 6.50. The smallest absolute Gasteiger partial charge is 0.234 e. The molecule has 2 N–H and O–H groups in total. The predicted molar refractivity (Wildman–Crippen MR) is 81.6 cm³/mol. The van der Waals surface area contributed by atoms with Crippen molar-refractivity contribution in [1.82, 2.24) is 10.6 Å². The highest BCUT2D eigenvalue weighted by molar-refractivity contribution is 5.85. The summed E-state index contributed by atoms with van der Waals surface area (Å²) in [5.41, 5.74) is 0. The first-order valence-electron chi connectivity index (χ1n) is 7.79. The van der Waals surface area contributed by atoms with E-state index in [0.29, 0.717) is 12.6 Å². The number of carbonyl (C=O) groups is 1. The number of amides is 1. The molecule has 0 bridgehead atoms. The van der Waals surface area contributed by atoms with E-state index in [0.717, 1.165) is 18.4 Å². The molecule has 0 aromatic heterocycles. The van der Waals surface area contributed by atoms with Crippen molar-refractivity contribution in [3.8, 4) is 0 Å². The summed E-state index contributed by atoms with van der Waals surface area (Å²) in [7, 11) is 0. The maximum atomic E-state index is 11.8. The third-order valence-electron chi connectivity index (χ3n) is 4.35. The predicted octanol–water partition coefficient (Wildman–Crippen LogP) is 2.88. The number of hydrogen-bond donors (Lipinski definition) is 2. The van der Waals surface area contributed by atoms with E-state index in [4.69, 9.17) is 0 Å². The largest absolute Gasteiger partial charge is 0.352 e. The van der Waals surface area contributed by atoms with Gasteiger partial charge in [0.25, 0.3) is 0 Å². The molecule has 2 aliphatic carbocycles. The van der Waals surface area contributed by atoms with Crippen molar-refractivity contribution >= 4 is 18.3 Å². The zero-order chi connectivity index (χ0) is 12.8. The van der Waals surface area contributed by atoms with Crippen LogP contribution >= 0.6 is 12.4 Å². The molecule has 1 amide bonds. The maximum absolute atomic E-state index is 11.8. The van der Waals surface area contributed by atoms with E-state index in [1.54, 1.807) is 0 Å². The molecule has 2 unspecified atom stereocenters. The van der Waals surface area contributed by atoms with Gasteiger partial charge in [0.15, 0.2) is 0 Å². The second-order valence-corrected chi connectivity index (χ2v) is 6.08. The van der Waals surface area contributed by atoms with Crippen LogP contribution in [-0.4, -0.2) is 25.0 Å². The van der Waals surface area contributed by atoms with Crippen LogP contribution < -0.4 is 10.6 Å². The van der Waals surface area contributed by atoms with Crippen molar-refractivity contribution in [3.05, 3.63) is 0 Å². The first-order chi connectivity index (χ1) is 8.79. The number of rotatable bonds is 8. The third kappa shape index (κ3) is 6.13. The number of halogens is 1. The molecule has 0 heterocycles. The minimum Gasteiger partial charge on any atom is -0.352 e. The van der Waals surface area contributed by atoms with Gasteiger partial charge in [0.05, 0.1) is 6.54 Å². The Bertz CT molecular complexity index is 269. The van der Waals surface area contributed by atoms with Crippen LogP contribution in [0.3, 0.4) is 0 Å². The van der Waals surface area contributed by atoms with Gasteiger partial charge in [0, 0.05) is 6.04 Å². The van der Waals surface area contributed by atoms with E-state index in [1.807, 2.05) is 0 Å². The second-order valence-electron chi connectivity index (χ2n) is 6.08.